The van der Waals surface area contributed by atoms with Crippen molar-refractivity contribution in [2.75, 3.05) is 18.9 Å². The lowest BCUT2D eigenvalue weighted by atomic mass is 10.0. The number of nitrogens with zero attached hydrogens (tertiary/aromatic N) is 2. The number of hydrogen-bond donors (Lipinski definition) is 4. The number of anilines is 1. The minimum absolute atomic E-state index is 0.0389. The summed E-state index contributed by atoms with van der Waals surface area (Å²) in [5, 5.41) is 16.2. The maximum atomic E-state index is 12.6. The van der Waals surface area contributed by atoms with Crippen LogP contribution in [0.1, 0.15) is 61.6 Å². The lowest BCUT2D eigenvalue weighted by molar-refractivity contribution is -0.126. The van der Waals surface area contributed by atoms with E-state index in [0.717, 1.165) is 12.8 Å². The van der Waals surface area contributed by atoms with E-state index in [-0.39, 0.29) is 35.4 Å². The molecule has 5 N–H and O–H groups in total. The third-order valence-corrected chi connectivity index (χ3v) is 5.37. The highest BCUT2D eigenvalue weighted by Gasteiger charge is 2.38. The second-order valence-electron chi connectivity index (χ2n) is 7.90. The number of rotatable bonds is 5. The number of nitrogens with two attached hydrogens (primary N) is 1. The fourth-order valence-corrected chi connectivity index (χ4v) is 3.69. The first kappa shape index (κ1) is 20.5. The standard InChI is InChI=1S/C19H29N5O4/c1-10(2)13-9-15(24-19(20)23-13)18(27)22-14-7-11(8-16(14)25)17(26)21-12-3-5-28-6-4-12/h9-12,14,16,25H,3-8H2,1-2H3,(H,21,26)(H,22,27)(H2,20,23,24)/t11-,14+,16+/m0/s1. The van der Waals surface area contributed by atoms with Crippen LogP contribution >= 0.6 is 0 Å². The number of aliphatic hydroxyl groups is 1. The van der Waals surface area contributed by atoms with Crippen molar-refractivity contribution in [3.63, 3.8) is 0 Å². The Labute approximate surface area is 164 Å². The molecule has 2 amide bonds. The molecule has 0 unspecified atom stereocenters. The van der Waals surface area contributed by atoms with Gasteiger partial charge in [0.05, 0.1) is 12.1 Å². The molecule has 0 radical (unpaired) electrons. The quantitative estimate of drug-likeness (QED) is 0.568. The molecule has 0 aromatic carbocycles. The van der Waals surface area contributed by atoms with Crippen molar-refractivity contribution >= 4 is 17.8 Å². The first-order valence-corrected chi connectivity index (χ1v) is 9.85. The van der Waals surface area contributed by atoms with E-state index in [1.807, 2.05) is 13.8 Å². The molecule has 3 atom stereocenters. The third-order valence-electron chi connectivity index (χ3n) is 5.37. The van der Waals surface area contributed by atoms with Crippen molar-refractivity contribution in [1.29, 1.82) is 0 Å². The highest BCUT2D eigenvalue weighted by molar-refractivity contribution is 5.93. The summed E-state index contributed by atoms with van der Waals surface area (Å²) < 4.78 is 5.30. The maximum absolute atomic E-state index is 12.6. The minimum atomic E-state index is -0.779. The molecule has 2 fully saturated rings. The SMILES string of the molecule is CC(C)c1cc(C(=O)N[C@@H]2C[C@H](C(=O)NC3CCOCC3)C[C@H]2O)nc(N)n1. The Morgan fingerprint density at radius 2 is 1.93 bits per heavy atom. The Kier molecular flexibility index (Phi) is 6.46. The smallest absolute Gasteiger partial charge is 0.270 e. The van der Waals surface area contributed by atoms with Crippen LogP contribution in [0.4, 0.5) is 5.95 Å². The van der Waals surface area contributed by atoms with E-state index in [1.165, 1.54) is 0 Å². The summed E-state index contributed by atoms with van der Waals surface area (Å²) >= 11 is 0. The third kappa shape index (κ3) is 4.96. The van der Waals surface area contributed by atoms with Crippen LogP contribution in [-0.2, 0) is 9.53 Å². The van der Waals surface area contributed by atoms with Crippen molar-refractivity contribution < 1.29 is 19.4 Å². The number of carbonyl (C=O) groups is 2. The Hall–Kier alpha value is -2.26. The van der Waals surface area contributed by atoms with E-state index in [1.54, 1.807) is 6.07 Å². The summed E-state index contributed by atoms with van der Waals surface area (Å²) in [5.41, 5.74) is 6.55. The van der Waals surface area contributed by atoms with Gasteiger partial charge in [-0.25, -0.2) is 9.97 Å². The largest absolute Gasteiger partial charge is 0.391 e. The summed E-state index contributed by atoms with van der Waals surface area (Å²) in [6.45, 7) is 5.20. The van der Waals surface area contributed by atoms with Crippen LogP contribution in [-0.4, -0.2) is 58.3 Å². The molecule has 9 heteroatoms. The van der Waals surface area contributed by atoms with Crippen molar-refractivity contribution in [1.82, 2.24) is 20.6 Å². The van der Waals surface area contributed by atoms with E-state index in [0.29, 0.717) is 31.7 Å². The van der Waals surface area contributed by atoms with E-state index in [4.69, 9.17) is 10.5 Å². The molecule has 2 aliphatic rings. The Morgan fingerprint density at radius 1 is 1.21 bits per heavy atom. The zero-order chi connectivity index (χ0) is 20.3. The number of hydrogen-bond acceptors (Lipinski definition) is 7. The molecular formula is C19H29N5O4. The Bertz CT molecular complexity index is 720. The molecule has 28 heavy (non-hydrogen) atoms. The first-order valence-electron chi connectivity index (χ1n) is 9.85. The van der Waals surface area contributed by atoms with E-state index in [9.17, 15) is 14.7 Å². The normalized spacial score (nSPS) is 25.6. The van der Waals surface area contributed by atoms with Gasteiger partial charge >= 0.3 is 0 Å². The number of aromatic nitrogens is 2. The van der Waals surface area contributed by atoms with Gasteiger partial charge in [0.2, 0.25) is 11.9 Å². The van der Waals surface area contributed by atoms with Gasteiger partial charge in [0, 0.05) is 30.9 Å². The van der Waals surface area contributed by atoms with Gasteiger partial charge in [-0.3, -0.25) is 9.59 Å². The molecule has 9 nitrogen and oxygen atoms in total. The fourth-order valence-electron chi connectivity index (χ4n) is 3.69. The van der Waals surface area contributed by atoms with Crippen LogP contribution in [0.25, 0.3) is 0 Å². The summed E-state index contributed by atoms with van der Waals surface area (Å²) in [5.74, 6) is -0.685. The molecule has 1 aromatic rings. The summed E-state index contributed by atoms with van der Waals surface area (Å²) in [6.07, 6.45) is 1.53. The summed E-state index contributed by atoms with van der Waals surface area (Å²) in [4.78, 5) is 33.2. The van der Waals surface area contributed by atoms with Crippen molar-refractivity contribution in [3.8, 4) is 0 Å². The van der Waals surface area contributed by atoms with Gasteiger partial charge in [-0.1, -0.05) is 13.8 Å². The minimum Gasteiger partial charge on any atom is -0.391 e. The van der Waals surface area contributed by atoms with Gasteiger partial charge in [0.25, 0.3) is 5.91 Å². The van der Waals surface area contributed by atoms with Gasteiger partial charge in [-0.15, -0.1) is 0 Å². The number of amides is 2. The number of nitrogen functional groups attached to an aromatic ring is 1. The van der Waals surface area contributed by atoms with Crippen LogP contribution in [0.5, 0.6) is 0 Å². The molecule has 3 rings (SSSR count). The molecule has 1 aliphatic heterocycles. The van der Waals surface area contributed by atoms with Gasteiger partial charge in [-0.2, -0.15) is 0 Å². The van der Waals surface area contributed by atoms with Gasteiger partial charge in [0.1, 0.15) is 5.69 Å². The lowest BCUT2D eigenvalue weighted by Crippen LogP contribution is -2.42. The lowest BCUT2D eigenvalue weighted by Gasteiger charge is -2.24. The van der Waals surface area contributed by atoms with Crippen LogP contribution in [0, 0.1) is 5.92 Å². The highest BCUT2D eigenvalue weighted by Crippen LogP contribution is 2.27. The maximum Gasteiger partial charge on any atom is 0.270 e. The predicted molar refractivity (Wildman–Crippen MR) is 103 cm³/mol. The number of aliphatic hydroxyl groups excluding tert-OH is 1. The van der Waals surface area contributed by atoms with Gasteiger partial charge < -0.3 is 26.2 Å². The molecule has 1 saturated heterocycles. The second kappa shape index (κ2) is 8.83. The second-order valence-corrected chi connectivity index (χ2v) is 7.90. The average Bonchev–Trinajstić information content (AvgIpc) is 3.02. The van der Waals surface area contributed by atoms with Crippen LogP contribution in [0.2, 0.25) is 0 Å². The molecule has 1 saturated carbocycles. The monoisotopic (exact) mass is 391 g/mol. The zero-order valence-electron chi connectivity index (χ0n) is 16.4. The number of nitrogens with one attached hydrogen (secondary N) is 2. The van der Waals surface area contributed by atoms with Crippen molar-refractivity contribution in [2.45, 2.75) is 63.6 Å². The van der Waals surface area contributed by atoms with Crippen molar-refractivity contribution in [2.24, 2.45) is 5.92 Å². The predicted octanol–water partition coefficient (Wildman–Crippen LogP) is 0.347. The molecule has 0 spiro atoms. The summed E-state index contributed by atoms with van der Waals surface area (Å²) in [7, 11) is 0. The van der Waals surface area contributed by atoms with Gasteiger partial charge in [-0.05, 0) is 37.7 Å². The average molecular weight is 391 g/mol. The molecule has 1 aliphatic carbocycles. The molecule has 154 valence electrons. The molecule has 0 bridgehead atoms. The Morgan fingerprint density at radius 3 is 2.61 bits per heavy atom. The first-order chi connectivity index (χ1) is 13.3. The molecular weight excluding hydrogens is 362 g/mol. The van der Waals surface area contributed by atoms with E-state index in [2.05, 4.69) is 20.6 Å². The number of ether oxygens (including phenoxy) is 1. The number of carbonyl (C=O) groups excluding carboxylic acids is 2. The topological polar surface area (TPSA) is 139 Å². The van der Waals surface area contributed by atoms with E-state index < -0.39 is 18.1 Å². The van der Waals surface area contributed by atoms with Crippen LogP contribution in [0.15, 0.2) is 6.07 Å². The van der Waals surface area contributed by atoms with Gasteiger partial charge in [0.15, 0.2) is 0 Å². The van der Waals surface area contributed by atoms with Crippen LogP contribution < -0.4 is 16.4 Å². The van der Waals surface area contributed by atoms with Crippen molar-refractivity contribution in [3.05, 3.63) is 17.5 Å². The zero-order valence-corrected chi connectivity index (χ0v) is 16.4. The molecule has 2 heterocycles. The van der Waals surface area contributed by atoms with Crippen LogP contribution in [0.3, 0.4) is 0 Å². The summed E-state index contributed by atoms with van der Waals surface area (Å²) in [6, 6.07) is 1.22. The molecule has 1 aromatic heterocycles. The van der Waals surface area contributed by atoms with E-state index >= 15 is 0 Å². The fraction of sp³-hybridized carbons (Fsp3) is 0.684. The highest BCUT2D eigenvalue weighted by atomic mass is 16.5. The Balaban J connectivity index is 1.58.